The van der Waals surface area contributed by atoms with Gasteiger partial charge in [0.15, 0.2) is 0 Å². The molecular weight excluding hydrogens is 248 g/mol. The molecule has 0 atom stereocenters. The summed E-state index contributed by atoms with van der Waals surface area (Å²) in [5, 5.41) is 3.41. The Morgan fingerprint density at radius 1 is 1.11 bits per heavy atom. The molecule has 0 unspecified atom stereocenters. The molecule has 1 N–H and O–H groups in total. The number of hydrogen-bond donors (Lipinski definition) is 1. The summed E-state index contributed by atoms with van der Waals surface area (Å²) in [4.78, 5) is 0. The van der Waals surface area contributed by atoms with E-state index in [0.717, 1.165) is 51.5 Å². The van der Waals surface area contributed by atoms with Crippen molar-refractivity contribution in [2.45, 2.75) is 63.2 Å². The quantitative estimate of drug-likeness (QED) is 0.830. The smallest absolute Gasteiger partial charge is 0.216 e. The van der Waals surface area contributed by atoms with Crippen molar-refractivity contribution in [2.75, 3.05) is 19.6 Å². The van der Waals surface area contributed by atoms with Crippen molar-refractivity contribution in [2.24, 2.45) is 0 Å². The molecule has 2 fully saturated rings. The van der Waals surface area contributed by atoms with E-state index in [2.05, 4.69) is 12.2 Å². The molecular formula is C13H26N2O2S. The Kier molecular flexibility index (Phi) is 5.04. The predicted molar refractivity (Wildman–Crippen MR) is 74.1 cm³/mol. The number of hydrogen-bond acceptors (Lipinski definition) is 3. The normalized spacial score (nSPS) is 24.7. The van der Waals surface area contributed by atoms with Gasteiger partial charge in [0.1, 0.15) is 0 Å². The zero-order valence-electron chi connectivity index (χ0n) is 11.4. The number of nitrogens with one attached hydrogen (secondary N) is 1. The first-order valence-corrected chi connectivity index (χ1v) is 8.87. The summed E-state index contributed by atoms with van der Waals surface area (Å²) in [6.07, 6.45) is 6.97. The Hall–Kier alpha value is -0.130. The highest BCUT2D eigenvalue weighted by Gasteiger charge is 2.35. The highest BCUT2D eigenvalue weighted by molar-refractivity contribution is 7.89. The van der Waals surface area contributed by atoms with E-state index in [-0.39, 0.29) is 5.25 Å². The van der Waals surface area contributed by atoms with Crippen LogP contribution in [0, 0.1) is 0 Å². The van der Waals surface area contributed by atoms with Gasteiger partial charge in [0.05, 0.1) is 5.25 Å². The number of rotatable bonds is 5. The minimum absolute atomic E-state index is 0.0855. The standard InChI is InChI=1S/C13H26N2O2S/c1-2-9-14-12-7-10-15(11-8-12)18(16,17)13-5-3-4-6-13/h12-14H,2-11H2,1H3. The van der Waals surface area contributed by atoms with Gasteiger partial charge in [-0.25, -0.2) is 12.7 Å². The molecule has 0 aromatic heterocycles. The van der Waals surface area contributed by atoms with Gasteiger partial charge in [-0.3, -0.25) is 0 Å². The molecule has 0 amide bonds. The van der Waals surface area contributed by atoms with E-state index >= 15 is 0 Å². The monoisotopic (exact) mass is 274 g/mol. The summed E-state index contributed by atoms with van der Waals surface area (Å²) in [5.74, 6) is 0. The lowest BCUT2D eigenvalue weighted by atomic mass is 10.1. The average Bonchev–Trinajstić information content (AvgIpc) is 2.91. The van der Waals surface area contributed by atoms with Crippen LogP contribution in [0.25, 0.3) is 0 Å². The van der Waals surface area contributed by atoms with E-state index in [1.54, 1.807) is 4.31 Å². The molecule has 4 nitrogen and oxygen atoms in total. The minimum atomic E-state index is -3.00. The SMILES string of the molecule is CCCNC1CCN(S(=O)(=O)C2CCCC2)CC1. The molecule has 18 heavy (non-hydrogen) atoms. The van der Waals surface area contributed by atoms with E-state index in [4.69, 9.17) is 0 Å². The van der Waals surface area contributed by atoms with Crippen LogP contribution in [0.4, 0.5) is 0 Å². The van der Waals surface area contributed by atoms with Crippen molar-refractivity contribution in [1.82, 2.24) is 9.62 Å². The summed E-state index contributed by atoms with van der Waals surface area (Å²) in [7, 11) is -3.00. The first-order valence-electron chi connectivity index (χ1n) is 7.37. The molecule has 0 aromatic carbocycles. The highest BCUT2D eigenvalue weighted by Crippen LogP contribution is 2.28. The number of nitrogens with zero attached hydrogens (tertiary/aromatic N) is 1. The molecule has 1 aliphatic carbocycles. The van der Waals surface area contributed by atoms with Crippen molar-refractivity contribution in [3.8, 4) is 0 Å². The van der Waals surface area contributed by atoms with Gasteiger partial charge in [-0.2, -0.15) is 0 Å². The van der Waals surface area contributed by atoms with Crippen molar-refractivity contribution in [1.29, 1.82) is 0 Å². The van der Waals surface area contributed by atoms with Crippen LogP contribution in [0.1, 0.15) is 51.9 Å². The third-order valence-corrected chi connectivity index (χ3v) is 6.62. The molecule has 0 spiro atoms. The molecule has 0 aromatic rings. The lowest BCUT2D eigenvalue weighted by molar-refractivity contribution is 0.287. The van der Waals surface area contributed by atoms with E-state index < -0.39 is 10.0 Å². The second-order valence-corrected chi connectivity index (χ2v) is 7.79. The molecule has 106 valence electrons. The Labute approximate surface area is 111 Å². The molecule has 0 radical (unpaired) electrons. The summed E-state index contributed by atoms with van der Waals surface area (Å²) in [6, 6.07) is 0.514. The van der Waals surface area contributed by atoms with Crippen molar-refractivity contribution in [3.05, 3.63) is 0 Å². The largest absolute Gasteiger partial charge is 0.314 e. The van der Waals surface area contributed by atoms with Crippen molar-refractivity contribution < 1.29 is 8.42 Å². The summed E-state index contributed by atoms with van der Waals surface area (Å²) < 4.78 is 26.6. The van der Waals surface area contributed by atoms with Gasteiger partial charge >= 0.3 is 0 Å². The second kappa shape index (κ2) is 6.35. The third kappa shape index (κ3) is 3.25. The summed E-state index contributed by atoms with van der Waals surface area (Å²) >= 11 is 0. The maximum atomic E-state index is 12.4. The Morgan fingerprint density at radius 3 is 2.28 bits per heavy atom. The first-order chi connectivity index (χ1) is 8.64. The van der Waals surface area contributed by atoms with Crippen molar-refractivity contribution in [3.63, 3.8) is 0 Å². The predicted octanol–water partition coefficient (Wildman–Crippen LogP) is 1.72. The number of piperidine rings is 1. The topological polar surface area (TPSA) is 49.4 Å². The molecule has 1 heterocycles. The van der Waals surface area contributed by atoms with Gasteiger partial charge in [-0.1, -0.05) is 19.8 Å². The molecule has 1 aliphatic heterocycles. The highest BCUT2D eigenvalue weighted by atomic mass is 32.2. The molecule has 0 bridgehead atoms. The zero-order chi connectivity index (χ0) is 13.0. The second-order valence-electron chi connectivity index (χ2n) is 5.58. The zero-order valence-corrected chi connectivity index (χ0v) is 12.2. The van der Waals surface area contributed by atoms with Gasteiger partial charge in [0.2, 0.25) is 10.0 Å². The average molecular weight is 274 g/mol. The Balaban J connectivity index is 1.85. The fourth-order valence-electron chi connectivity index (χ4n) is 3.06. The van der Waals surface area contributed by atoms with Gasteiger partial charge in [0.25, 0.3) is 0 Å². The summed E-state index contributed by atoms with van der Waals surface area (Å²) in [6.45, 7) is 4.62. The van der Waals surface area contributed by atoms with E-state index in [0.29, 0.717) is 19.1 Å². The van der Waals surface area contributed by atoms with Crippen LogP contribution in [0.3, 0.4) is 0 Å². The molecule has 2 rings (SSSR count). The molecule has 1 saturated heterocycles. The molecule has 5 heteroatoms. The van der Waals surface area contributed by atoms with E-state index in [1.807, 2.05) is 0 Å². The fourth-order valence-corrected chi connectivity index (χ4v) is 5.13. The first kappa shape index (κ1) is 14.3. The van der Waals surface area contributed by atoms with Gasteiger partial charge in [-0.05, 0) is 38.6 Å². The van der Waals surface area contributed by atoms with Crippen LogP contribution in [-0.2, 0) is 10.0 Å². The van der Waals surface area contributed by atoms with Gasteiger partial charge in [-0.15, -0.1) is 0 Å². The maximum Gasteiger partial charge on any atom is 0.216 e. The van der Waals surface area contributed by atoms with Crippen LogP contribution in [0.15, 0.2) is 0 Å². The van der Waals surface area contributed by atoms with Crippen LogP contribution in [-0.4, -0.2) is 43.6 Å². The van der Waals surface area contributed by atoms with Crippen LogP contribution < -0.4 is 5.32 Å². The lowest BCUT2D eigenvalue weighted by Gasteiger charge is -2.33. The van der Waals surface area contributed by atoms with Gasteiger partial charge in [0, 0.05) is 19.1 Å². The summed E-state index contributed by atoms with van der Waals surface area (Å²) in [5.41, 5.74) is 0. The van der Waals surface area contributed by atoms with Crippen LogP contribution >= 0.6 is 0 Å². The minimum Gasteiger partial charge on any atom is -0.314 e. The van der Waals surface area contributed by atoms with E-state index in [9.17, 15) is 8.42 Å². The third-order valence-electron chi connectivity index (χ3n) is 4.22. The van der Waals surface area contributed by atoms with Crippen molar-refractivity contribution >= 4 is 10.0 Å². The van der Waals surface area contributed by atoms with Crippen LogP contribution in [0.2, 0.25) is 0 Å². The Morgan fingerprint density at radius 2 is 1.72 bits per heavy atom. The van der Waals surface area contributed by atoms with Crippen LogP contribution in [0.5, 0.6) is 0 Å². The lowest BCUT2D eigenvalue weighted by Crippen LogP contribution is -2.47. The maximum absolute atomic E-state index is 12.4. The molecule has 1 saturated carbocycles. The van der Waals surface area contributed by atoms with Gasteiger partial charge < -0.3 is 5.32 Å². The molecule has 2 aliphatic rings. The van der Waals surface area contributed by atoms with E-state index in [1.165, 1.54) is 0 Å². The Bertz CT molecular complexity index is 342. The number of sulfonamides is 1. The fraction of sp³-hybridized carbons (Fsp3) is 1.00.